The van der Waals surface area contributed by atoms with E-state index in [1.165, 1.54) is 10.8 Å². The van der Waals surface area contributed by atoms with Gasteiger partial charge < -0.3 is 0 Å². The number of rotatable bonds is 3. The first-order chi connectivity index (χ1) is 9.34. The van der Waals surface area contributed by atoms with Crippen molar-refractivity contribution in [3.05, 3.63) is 70.6 Å². The minimum Gasteiger partial charge on any atom is -0.294 e. The quantitative estimate of drug-likeness (QED) is 0.814. The number of carbonyl (C=O) groups is 1. The van der Waals surface area contributed by atoms with Crippen LogP contribution in [0.4, 0.5) is 0 Å². The number of aryl methyl sites for hydroxylation is 1. The lowest BCUT2D eigenvalue weighted by Crippen LogP contribution is -2.32. The summed E-state index contributed by atoms with van der Waals surface area (Å²) >= 11 is 0. The molecule has 1 nitrogen and oxygen atoms in total. The minimum atomic E-state index is 0.273. The molecule has 1 aliphatic rings. The van der Waals surface area contributed by atoms with E-state index in [1.54, 1.807) is 0 Å². The summed E-state index contributed by atoms with van der Waals surface area (Å²) < 4.78 is 0. The first-order valence-corrected chi connectivity index (χ1v) is 6.70. The van der Waals surface area contributed by atoms with Crippen molar-refractivity contribution in [2.45, 2.75) is 19.3 Å². The van der Waals surface area contributed by atoms with Gasteiger partial charge in [0, 0.05) is 12.0 Å². The molecule has 0 spiro atoms. The van der Waals surface area contributed by atoms with Crippen molar-refractivity contribution in [1.82, 2.24) is 0 Å². The highest BCUT2D eigenvalue weighted by atomic mass is 16.1. The smallest absolute Gasteiger partial charge is 0.163 e. The Morgan fingerprint density at radius 2 is 1.58 bits per heavy atom. The lowest BCUT2D eigenvalue weighted by molar-refractivity contribution is -0.113. The highest BCUT2D eigenvalue weighted by molar-refractivity contribution is 6.17. The van der Waals surface area contributed by atoms with Crippen LogP contribution in [0, 0.1) is 0 Å². The Bertz CT molecular complexity index is 711. The van der Waals surface area contributed by atoms with Crippen LogP contribution in [0.15, 0.2) is 54.6 Å². The second-order valence-corrected chi connectivity index (χ2v) is 4.88. The van der Waals surface area contributed by atoms with Gasteiger partial charge in [-0.15, -0.1) is 0 Å². The average Bonchev–Trinajstić information content (AvgIpc) is 2.47. The number of fused-ring (bicyclic) bond motifs is 1. The molecule has 0 heterocycles. The van der Waals surface area contributed by atoms with E-state index in [-0.39, 0.29) is 5.78 Å². The standard InChI is InChI=1S/C18H16O/c19-18-13-11-15-8-4-5-9-16(15)17(18)12-10-14-6-2-1-3-7-14/h1-9,11H,10,12-13H2. The molecule has 0 unspecified atom stereocenters. The summed E-state index contributed by atoms with van der Waals surface area (Å²) in [7, 11) is 0. The van der Waals surface area contributed by atoms with Crippen LogP contribution in [-0.4, -0.2) is 5.78 Å². The summed E-state index contributed by atoms with van der Waals surface area (Å²) in [6, 6.07) is 18.5. The number of carbonyl (C=O) groups excluding carboxylic acids is 1. The zero-order valence-corrected chi connectivity index (χ0v) is 10.8. The lowest BCUT2D eigenvalue weighted by atomic mass is 9.93. The molecule has 0 amide bonds. The molecule has 2 aromatic carbocycles. The number of benzene rings is 2. The monoisotopic (exact) mass is 248 g/mol. The van der Waals surface area contributed by atoms with E-state index in [4.69, 9.17) is 0 Å². The van der Waals surface area contributed by atoms with Gasteiger partial charge in [0.25, 0.3) is 0 Å². The van der Waals surface area contributed by atoms with E-state index in [1.807, 2.05) is 36.4 Å². The number of ketones is 1. The van der Waals surface area contributed by atoms with Gasteiger partial charge in [-0.25, -0.2) is 0 Å². The molecular formula is C18H16O. The fourth-order valence-corrected chi connectivity index (χ4v) is 2.61. The third-order valence-electron chi connectivity index (χ3n) is 3.64. The van der Waals surface area contributed by atoms with Crippen LogP contribution in [0.1, 0.15) is 18.4 Å². The van der Waals surface area contributed by atoms with Gasteiger partial charge in [-0.3, -0.25) is 4.79 Å². The molecule has 0 fully saturated rings. The fraction of sp³-hybridized carbons (Fsp3) is 0.167. The Labute approximate surface area is 112 Å². The summed E-state index contributed by atoms with van der Waals surface area (Å²) in [5.41, 5.74) is 2.27. The topological polar surface area (TPSA) is 17.1 Å². The van der Waals surface area contributed by atoms with Crippen molar-refractivity contribution >= 4 is 17.4 Å². The van der Waals surface area contributed by atoms with Crippen LogP contribution in [0.2, 0.25) is 0 Å². The Morgan fingerprint density at radius 1 is 0.842 bits per heavy atom. The minimum absolute atomic E-state index is 0.273. The van der Waals surface area contributed by atoms with Crippen LogP contribution in [0.5, 0.6) is 0 Å². The van der Waals surface area contributed by atoms with E-state index in [9.17, 15) is 4.79 Å². The predicted octanol–water partition coefficient (Wildman–Crippen LogP) is 2.22. The summed E-state index contributed by atoms with van der Waals surface area (Å²) in [6.07, 6.45) is 4.33. The zero-order chi connectivity index (χ0) is 13.1. The molecule has 3 rings (SSSR count). The van der Waals surface area contributed by atoms with Gasteiger partial charge in [-0.1, -0.05) is 60.7 Å². The maximum absolute atomic E-state index is 12.1. The molecule has 0 aliphatic heterocycles. The van der Waals surface area contributed by atoms with Crippen LogP contribution < -0.4 is 10.4 Å². The number of Topliss-reactive ketones (excluding diaryl/α,β-unsaturated/α-hetero) is 1. The van der Waals surface area contributed by atoms with Gasteiger partial charge in [0.2, 0.25) is 0 Å². The van der Waals surface area contributed by atoms with Crippen LogP contribution >= 0.6 is 0 Å². The van der Waals surface area contributed by atoms with Crippen molar-refractivity contribution in [2.24, 2.45) is 0 Å². The molecule has 0 radical (unpaired) electrons. The van der Waals surface area contributed by atoms with Gasteiger partial charge >= 0.3 is 0 Å². The molecule has 2 aromatic rings. The molecule has 0 bridgehead atoms. The van der Waals surface area contributed by atoms with Crippen molar-refractivity contribution in [3.63, 3.8) is 0 Å². The van der Waals surface area contributed by atoms with Crippen LogP contribution in [-0.2, 0) is 11.2 Å². The van der Waals surface area contributed by atoms with Gasteiger partial charge in [-0.05, 0) is 28.8 Å². The molecule has 19 heavy (non-hydrogen) atoms. The normalized spacial score (nSPS) is 13.9. The fourth-order valence-electron chi connectivity index (χ4n) is 2.61. The number of hydrogen-bond acceptors (Lipinski definition) is 1. The maximum Gasteiger partial charge on any atom is 0.163 e. The molecular weight excluding hydrogens is 232 g/mol. The van der Waals surface area contributed by atoms with Crippen molar-refractivity contribution in [1.29, 1.82) is 0 Å². The second-order valence-electron chi connectivity index (χ2n) is 4.88. The summed E-state index contributed by atoms with van der Waals surface area (Å²) in [6.45, 7) is 0. The van der Waals surface area contributed by atoms with Crippen molar-refractivity contribution < 1.29 is 4.79 Å². The van der Waals surface area contributed by atoms with Gasteiger partial charge in [-0.2, -0.15) is 0 Å². The Hall–Kier alpha value is -2.15. The molecule has 1 heteroatoms. The SMILES string of the molecule is O=C1CC=c2ccccc2=C1CCc1ccccc1. The van der Waals surface area contributed by atoms with E-state index in [2.05, 4.69) is 24.3 Å². The third kappa shape index (κ3) is 2.50. The highest BCUT2D eigenvalue weighted by Gasteiger charge is 2.13. The largest absolute Gasteiger partial charge is 0.294 e. The zero-order valence-electron chi connectivity index (χ0n) is 10.8. The average molecular weight is 248 g/mol. The molecule has 0 N–H and O–H groups in total. The van der Waals surface area contributed by atoms with E-state index in [0.717, 1.165) is 23.6 Å². The molecule has 94 valence electrons. The van der Waals surface area contributed by atoms with E-state index in [0.29, 0.717) is 6.42 Å². The molecule has 0 saturated heterocycles. The molecule has 0 saturated carbocycles. The Kier molecular flexibility index (Phi) is 3.28. The summed E-state index contributed by atoms with van der Waals surface area (Å²) in [5, 5.41) is 2.32. The van der Waals surface area contributed by atoms with Crippen LogP contribution in [0.3, 0.4) is 0 Å². The Morgan fingerprint density at radius 3 is 2.42 bits per heavy atom. The summed E-state index contributed by atoms with van der Waals surface area (Å²) in [4.78, 5) is 12.1. The number of hydrogen-bond donors (Lipinski definition) is 0. The first-order valence-electron chi connectivity index (χ1n) is 6.70. The molecule has 0 atom stereocenters. The Balaban J connectivity index is 1.95. The molecule has 1 aliphatic carbocycles. The predicted molar refractivity (Wildman–Crippen MR) is 78.0 cm³/mol. The van der Waals surface area contributed by atoms with Crippen molar-refractivity contribution in [2.75, 3.05) is 0 Å². The first kappa shape index (κ1) is 11.9. The maximum atomic E-state index is 12.1. The summed E-state index contributed by atoms with van der Waals surface area (Å²) in [5.74, 6) is 0.273. The van der Waals surface area contributed by atoms with E-state index >= 15 is 0 Å². The van der Waals surface area contributed by atoms with Crippen molar-refractivity contribution in [3.8, 4) is 0 Å². The van der Waals surface area contributed by atoms with E-state index < -0.39 is 0 Å². The van der Waals surface area contributed by atoms with Crippen LogP contribution in [0.25, 0.3) is 11.6 Å². The third-order valence-corrected chi connectivity index (χ3v) is 3.64. The second kappa shape index (κ2) is 5.23. The highest BCUT2D eigenvalue weighted by Crippen LogP contribution is 2.13. The van der Waals surface area contributed by atoms with Gasteiger partial charge in [0.05, 0.1) is 0 Å². The lowest BCUT2D eigenvalue weighted by Gasteiger charge is -2.10. The van der Waals surface area contributed by atoms with Gasteiger partial charge in [0.1, 0.15) is 0 Å². The van der Waals surface area contributed by atoms with Gasteiger partial charge in [0.15, 0.2) is 5.78 Å². The molecule has 0 aromatic heterocycles.